The molecule has 8 heteroatoms. The van der Waals surface area contributed by atoms with E-state index in [-0.39, 0.29) is 11.7 Å². The highest BCUT2D eigenvalue weighted by Gasteiger charge is 2.18. The van der Waals surface area contributed by atoms with Gasteiger partial charge >= 0.3 is 0 Å². The lowest BCUT2D eigenvalue weighted by molar-refractivity contribution is -0.113. The van der Waals surface area contributed by atoms with E-state index in [1.165, 1.54) is 11.8 Å². The van der Waals surface area contributed by atoms with Crippen LogP contribution in [0.4, 0.5) is 5.69 Å². The average molecular weight is 479 g/mol. The standard InChI is InChI=1S/C25H23ClN4O2S/c1-3-32-22-7-5-4-6-21(22)27-23(31)16-33-25-29-28-24(18-10-12-19(26)13-11-18)30(25)20-14-8-17(2)9-15-20/h4-15H,3,16H2,1-2H3,(H,27,31). The predicted molar refractivity (Wildman–Crippen MR) is 134 cm³/mol. The Morgan fingerprint density at radius 1 is 1.03 bits per heavy atom. The van der Waals surface area contributed by atoms with Crippen LogP contribution >= 0.6 is 23.4 Å². The summed E-state index contributed by atoms with van der Waals surface area (Å²) in [6, 6.07) is 22.9. The van der Waals surface area contributed by atoms with Crippen molar-refractivity contribution in [2.24, 2.45) is 0 Å². The SMILES string of the molecule is CCOc1ccccc1NC(=O)CSc1nnc(-c2ccc(Cl)cc2)n1-c1ccc(C)cc1. The fourth-order valence-corrected chi connectivity index (χ4v) is 4.12. The Morgan fingerprint density at radius 2 is 1.76 bits per heavy atom. The minimum atomic E-state index is -0.154. The Morgan fingerprint density at radius 3 is 2.48 bits per heavy atom. The topological polar surface area (TPSA) is 69.0 Å². The van der Waals surface area contributed by atoms with E-state index in [1.54, 1.807) is 0 Å². The van der Waals surface area contributed by atoms with Crippen molar-refractivity contribution in [3.05, 3.63) is 83.4 Å². The van der Waals surface area contributed by atoms with Crippen LogP contribution in [0.25, 0.3) is 17.1 Å². The highest BCUT2D eigenvalue weighted by molar-refractivity contribution is 7.99. The summed E-state index contributed by atoms with van der Waals surface area (Å²) in [5, 5.41) is 13.0. The number of aromatic nitrogens is 3. The molecule has 3 aromatic carbocycles. The Hall–Kier alpha value is -3.29. The Labute approximate surface area is 202 Å². The Bertz CT molecular complexity index is 1240. The van der Waals surface area contributed by atoms with Gasteiger partial charge in [-0.05, 0) is 62.4 Å². The molecule has 1 heterocycles. The molecule has 168 valence electrons. The van der Waals surface area contributed by atoms with Crippen LogP contribution in [-0.2, 0) is 4.79 Å². The van der Waals surface area contributed by atoms with E-state index >= 15 is 0 Å². The molecule has 33 heavy (non-hydrogen) atoms. The van der Waals surface area contributed by atoms with Crippen molar-refractivity contribution in [2.45, 2.75) is 19.0 Å². The number of hydrogen-bond acceptors (Lipinski definition) is 5. The van der Waals surface area contributed by atoms with Crippen LogP contribution < -0.4 is 10.1 Å². The van der Waals surface area contributed by atoms with E-state index in [1.807, 2.05) is 91.2 Å². The third-order valence-corrected chi connectivity index (χ3v) is 6.00. The maximum absolute atomic E-state index is 12.7. The fraction of sp³-hybridized carbons (Fsp3) is 0.160. The number of benzene rings is 3. The van der Waals surface area contributed by atoms with Gasteiger partial charge < -0.3 is 10.1 Å². The summed E-state index contributed by atoms with van der Waals surface area (Å²) in [7, 11) is 0. The van der Waals surface area contributed by atoms with Gasteiger partial charge in [-0.3, -0.25) is 9.36 Å². The van der Waals surface area contributed by atoms with Gasteiger partial charge in [-0.2, -0.15) is 0 Å². The first-order valence-corrected chi connectivity index (χ1v) is 11.8. The number of para-hydroxylation sites is 2. The maximum Gasteiger partial charge on any atom is 0.234 e. The van der Waals surface area contributed by atoms with Crippen molar-refractivity contribution >= 4 is 35.0 Å². The second-order valence-corrected chi connectivity index (χ2v) is 8.63. The van der Waals surface area contributed by atoms with E-state index in [4.69, 9.17) is 16.3 Å². The van der Waals surface area contributed by atoms with Crippen molar-refractivity contribution in [3.8, 4) is 22.8 Å². The third-order valence-electron chi connectivity index (χ3n) is 4.82. The molecule has 0 spiro atoms. The van der Waals surface area contributed by atoms with Crippen LogP contribution in [0.2, 0.25) is 5.02 Å². The smallest absolute Gasteiger partial charge is 0.234 e. The zero-order valence-corrected chi connectivity index (χ0v) is 19.9. The van der Waals surface area contributed by atoms with E-state index in [0.717, 1.165) is 16.8 Å². The van der Waals surface area contributed by atoms with Gasteiger partial charge in [-0.25, -0.2) is 0 Å². The van der Waals surface area contributed by atoms with E-state index in [2.05, 4.69) is 15.5 Å². The molecule has 1 aromatic heterocycles. The number of aryl methyl sites for hydroxylation is 1. The maximum atomic E-state index is 12.7. The number of carbonyl (C=O) groups is 1. The average Bonchev–Trinajstić information content (AvgIpc) is 3.24. The van der Waals surface area contributed by atoms with Gasteiger partial charge in [-0.15, -0.1) is 10.2 Å². The van der Waals surface area contributed by atoms with Crippen LogP contribution in [0.1, 0.15) is 12.5 Å². The first-order chi connectivity index (χ1) is 16.0. The molecule has 0 bridgehead atoms. The van der Waals surface area contributed by atoms with Gasteiger partial charge in [0.2, 0.25) is 5.91 Å². The molecule has 0 aliphatic carbocycles. The lowest BCUT2D eigenvalue weighted by atomic mass is 10.2. The van der Waals surface area contributed by atoms with Crippen molar-refractivity contribution in [3.63, 3.8) is 0 Å². The second kappa shape index (κ2) is 10.6. The Kier molecular flexibility index (Phi) is 7.32. The van der Waals surface area contributed by atoms with E-state index in [0.29, 0.717) is 34.0 Å². The zero-order valence-electron chi connectivity index (χ0n) is 18.3. The summed E-state index contributed by atoms with van der Waals surface area (Å²) in [6.07, 6.45) is 0. The lowest BCUT2D eigenvalue weighted by Gasteiger charge is -2.12. The molecule has 0 aliphatic heterocycles. The summed E-state index contributed by atoms with van der Waals surface area (Å²) in [5.41, 5.74) is 3.60. The molecule has 4 rings (SSSR count). The molecule has 0 aliphatic rings. The van der Waals surface area contributed by atoms with Gasteiger partial charge in [0.25, 0.3) is 0 Å². The summed E-state index contributed by atoms with van der Waals surface area (Å²) in [4.78, 5) is 12.7. The molecule has 0 radical (unpaired) electrons. The number of amides is 1. The van der Waals surface area contributed by atoms with Crippen LogP contribution in [0.5, 0.6) is 5.75 Å². The van der Waals surface area contributed by atoms with Gasteiger partial charge in [0.1, 0.15) is 5.75 Å². The normalized spacial score (nSPS) is 10.8. The number of nitrogens with zero attached hydrogens (tertiary/aromatic N) is 3. The summed E-state index contributed by atoms with van der Waals surface area (Å²) in [6.45, 7) is 4.47. The minimum Gasteiger partial charge on any atom is -0.492 e. The van der Waals surface area contributed by atoms with Gasteiger partial charge in [0.05, 0.1) is 18.0 Å². The Balaban J connectivity index is 1.58. The quantitative estimate of drug-likeness (QED) is 0.313. The number of hydrogen-bond donors (Lipinski definition) is 1. The third kappa shape index (κ3) is 5.56. The molecular formula is C25H23ClN4O2S. The second-order valence-electron chi connectivity index (χ2n) is 7.25. The molecule has 4 aromatic rings. The van der Waals surface area contributed by atoms with Gasteiger partial charge in [0, 0.05) is 16.3 Å². The molecular weight excluding hydrogens is 456 g/mol. The molecule has 0 unspecified atom stereocenters. The molecule has 6 nitrogen and oxygen atoms in total. The number of nitrogens with one attached hydrogen (secondary N) is 1. The molecule has 0 fully saturated rings. The first-order valence-electron chi connectivity index (χ1n) is 10.5. The largest absolute Gasteiger partial charge is 0.492 e. The lowest BCUT2D eigenvalue weighted by Crippen LogP contribution is -2.15. The molecule has 0 saturated heterocycles. The van der Waals surface area contributed by atoms with E-state index < -0.39 is 0 Å². The van der Waals surface area contributed by atoms with Crippen molar-refractivity contribution in [2.75, 3.05) is 17.7 Å². The predicted octanol–water partition coefficient (Wildman–Crippen LogP) is 6.03. The van der Waals surface area contributed by atoms with Crippen molar-refractivity contribution in [1.29, 1.82) is 0 Å². The van der Waals surface area contributed by atoms with Gasteiger partial charge in [-0.1, -0.05) is 53.2 Å². The summed E-state index contributed by atoms with van der Waals surface area (Å²) < 4.78 is 7.54. The summed E-state index contributed by atoms with van der Waals surface area (Å²) >= 11 is 7.38. The number of carbonyl (C=O) groups excluding carboxylic acids is 1. The number of ether oxygens (including phenoxy) is 1. The molecule has 1 N–H and O–H groups in total. The fourth-order valence-electron chi connectivity index (χ4n) is 3.24. The molecule has 0 saturated carbocycles. The number of thioether (sulfide) groups is 1. The highest BCUT2D eigenvalue weighted by Crippen LogP contribution is 2.29. The summed E-state index contributed by atoms with van der Waals surface area (Å²) in [5.74, 6) is 1.34. The van der Waals surface area contributed by atoms with Crippen molar-refractivity contribution < 1.29 is 9.53 Å². The van der Waals surface area contributed by atoms with Crippen LogP contribution in [-0.4, -0.2) is 33.0 Å². The highest BCUT2D eigenvalue weighted by atomic mass is 35.5. The number of halogens is 1. The van der Waals surface area contributed by atoms with E-state index in [9.17, 15) is 4.79 Å². The zero-order chi connectivity index (χ0) is 23.2. The molecule has 1 amide bonds. The number of rotatable bonds is 8. The minimum absolute atomic E-state index is 0.154. The van der Waals surface area contributed by atoms with Crippen LogP contribution in [0.3, 0.4) is 0 Å². The van der Waals surface area contributed by atoms with Gasteiger partial charge in [0.15, 0.2) is 11.0 Å². The van der Waals surface area contributed by atoms with Crippen LogP contribution in [0, 0.1) is 6.92 Å². The monoisotopic (exact) mass is 478 g/mol. The van der Waals surface area contributed by atoms with Crippen LogP contribution in [0.15, 0.2) is 78.0 Å². The molecule has 0 atom stereocenters. The first kappa shape index (κ1) is 22.9. The number of anilines is 1. The van der Waals surface area contributed by atoms with Crippen molar-refractivity contribution in [1.82, 2.24) is 14.8 Å².